The van der Waals surface area contributed by atoms with Gasteiger partial charge in [0.2, 0.25) is 0 Å². The second-order valence-corrected chi connectivity index (χ2v) is 6.89. The maximum atomic E-state index is 12.5. The molecule has 6 heteroatoms. The molecule has 126 valence electrons. The van der Waals surface area contributed by atoms with Crippen LogP contribution in [0, 0.1) is 0 Å². The van der Waals surface area contributed by atoms with Gasteiger partial charge in [0.1, 0.15) is 17.5 Å². The molecule has 0 saturated heterocycles. The topological polar surface area (TPSA) is 56.2 Å². The summed E-state index contributed by atoms with van der Waals surface area (Å²) in [6.07, 6.45) is 0.437. The number of nitrogens with one attached hydrogen (secondary N) is 1. The van der Waals surface area contributed by atoms with Gasteiger partial charge in [-0.15, -0.1) is 0 Å². The lowest BCUT2D eigenvalue weighted by molar-refractivity contribution is 0.0301. The van der Waals surface area contributed by atoms with Crippen molar-refractivity contribution in [2.75, 3.05) is 5.32 Å². The number of fused-ring (bicyclic) bond motifs is 1. The molecule has 1 aromatic heterocycles. The normalized spacial score (nSPS) is 16.2. The highest BCUT2D eigenvalue weighted by Crippen LogP contribution is 2.32. The standard InChI is InChI=1S/C19H16BrN3O2/c1-12-11-16-17(19(24)25-12)18(21-14-5-3-2-4-6-14)23(22-16)15-9-7-13(20)8-10-15/h2-10,12,21H,11H2,1H3. The molecule has 5 nitrogen and oxygen atoms in total. The van der Waals surface area contributed by atoms with Crippen LogP contribution in [0.2, 0.25) is 0 Å². The molecule has 0 amide bonds. The fraction of sp³-hybridized carbons (Fsp3) is 0.158. The van der Waals surface area contributed by atoms with Crippen LogP contribution in [0.3, 0.4) is 0 Å². The van der Waals surface area contributed by atoms with E-state index in [4.69, 9.17) is 4.74 Å². The lowest BCUT2D eigenvalue weighted by Crippen LogP contribution is -2.25. The van der Waals surface area contributed by atoms with Crippen LogP contribution in [0.15, 0.2) is 59.1 Å². The van der Waals surface area contributed by atoms with Gasteiger partial charge in [-0.25, -0.2) is 9.48 Å². The van der Waals surface area contributed by atoms with Crippen LogP contribution in [0.1, 0.15) is 23.0 Å². The van der Waals surface area contributed by atoms with E-state index in [1.54, 1.807) is 4.68 Å². The Balaban J connectivity index is 1.86. The second-order valence-electron chi connectivity index (χ2n) is 5.97. The minimum atomic E-state index is -0.337. The third-order valence-corrected chi connectivity index (χ3v) is 4.59. The van der Waals surface area contributed by atoms with E-state index in [1.165, 1.54) is 0 Å². The Bertz CT molecular complexity index is 920. The summed E-state index contributed by atoms with van der Waals surface area (Å²) in [5, 5.41) is 8.01. The average molecular weight is 398 g/mol. The van der Waals surface area contributed by atoms with E-state index >= 15 is 0 Å². The molecule has 1 atom stereocenters. The number of carbonyl (C=O) groups excluding carboxylic acids is 1. The summed E-state index contributed by atoms with van der Waals surface area (Å²) < 4.78 is 8.17. The van der Waals surface area contributed by atoms with Crippen molar-refractivity contribution in [1.82, 2.24) is 9.78 Å². The van der Waals surface area contributed by atoms with Gasteiger partial charge in [0, 0.05) is 16.6 Å². The monoisotopic (exact) mass is 397 g/mol. The molecule has 1 aliphatic heterocycles. The number of halogens is 1. The molecule has 1 aliphatic rings. The maximum Gasteiger partial charge on any atom is 0.344 e. The van der Waals surface area contributed by atoms with Crippen molar-refractivity contribution in [3.8, 4) is 5.69 Å². The van der Waals surface area contributed by atoms with Gasteiger partial charge >= 0.3 is 5.97 Å². The van der Waals surface area contributed by atoms with Crippen molar-refractivity contribution in [3.63, 3.8) is 0 Å². The number of aromatic nitrogens is 2. The molecule has 0 spiro atoms. The Morgan fingerprint density at radius 2 is 1.88 bits per heavy atom. The number of hydrogen-bond acceptors (Lipinski definition) is 4. The largest absolute Gasteiger partial charge is 0.459 e. The molecule has 0 bridgehead atoms. The molecule has 0 aliphatic carbocycles. The molecule has 4 rings (SSSR count). The number of ether oxygens (including phenoxy) is 1. The van der Waals surface area contributed by atoms with Crippen LogP contribution in [0.4, 0.5) is 11.5 Å². The lowest BCUT2D eigenvalue weighted by atomic mass is 10.1. The van der Waals surface area contributed by atoms with Crippen LogP contribution in [0.25, 0.3) is 5.69 Å². The molecular formula is C19H16BrN3O2. The first-order chi connectivity index (χ1) is 12.1. The van der Waals surface area contributed by atoms with E-state index < -0.39 is 0 Å². The van der Waals surface area contributed by atoms with Gasteiger partial charge in [0.15, 0.2) is 0 Å². The molecule has 3 aromatic rings. The number of carbonyl (C=O) groups is 1. The zero-order valence-electron chi connectivity index (χ0n) is 13.6. The minimum absolute atomic E-state index is 0.169. The van der Waals surface area contributed by atoms with Gasteiger partial charge in [0.25, 0.3) is 0 Å². The number of nitrogens with zero attached hydrogens (tertiary/aromatic N) is 2. The molecule has 2 aromatic carbocycles. The first-order valence-corrected chi connectivity index (χ1v) is 8.82. The number of benzene rings is 2. The van der Waals surface area contributed by atoms with E-state index in [9.17, 15) is 4.79 Å². The van der Waals surface area contributed by atoms with Crippen molar-refractivity contribution in [3.05, 3.63) is 70.3 Å². The maximum absolute atomic E-state index is 12.5. The zero-order valence-corrected chi connectivity index (χ0v) is 15.2. The summed E-state index contributed by atoms with van der Waals surface area (Å²) in [5.74, 6) is 0.288. The van der Waals surface area contributed by atoms with Crippen molar-refractivity contribution in [1.29, 1.82) is 0 Å². The third-order valence-electron chi connectivity index (χ3n) is 4.06. The Hall–Kier alpha value is -2.60. The number of rotatable bonds is 3. The second kappa shape index (κ2) is 6.37. The van der Waals surface area contributed by atoms with E-state index in [-0.39, 0.29) is 12.1 Å². The van der Waals surface area contributed by atoms with Crippen LogP contribution < -0.4 is 5.32 Å². The predicted octanol–water partition coefficient (Wildman–Crippen LogP) is 4.48. The number of hydrogen-bond donors (Lipinski definition) is 1. The average Bonchev–Trinajstić information content (AvgIpc) is 2.95. The van der Waals surface area contributed by atoms with Crippen molar-refractivity contribution >= 4 is 33.4 Å². The molecule has 2 heterocycles. The first-order valence-electron chi connectivity index (χ1n) is 8.02. The molecule has 1 unspecified atom stereocenters. The number of anilines is 2. The summed E-state index contributed by atoms with van der Waals surface area (Å²) >= 11 is 3.45. The molecule has 25 heavy (non-hydrogen) atoms. The quantitative estimate of drug-likeness (QED) is 0.661. The Kier molecular flexibility index (Phi) is 4.05. The van der Waals surface area contributed by atoms with Gasteiger partial charge < -0.3 is 10.1 Å². The summed E-state index contributed by atoms with van der Waals surface area (Å²) in [6.45, 7) is 1.88. The third kappa shape index (κ3) is 3.05. The van der Waals surface area contributed by atoms with E-state index in [1.807, 2.05) is 61.5 Å². The van der Waals surface area contributed by atoms with Gasteiger partial charge in [0.05, 0.1) is 11.4 Å². The summed E-state index contributed by atoms with van der Waals surface area (Å²) in [4.78, 5) is 12.5. The Morgan fingerprint density at radius 3 is 2.60 bits per heavy atom. The highest BCUT2D eigenvalue weighted by atomic mass is 79.9. The number of cyclic esters (lactones) is 1. The first kappa shape index (κ1) is 15.9. The predicted molar refractivity (Wildman–Crippen MR) is 99.6 cm³/mol. The summed E-state index contributed by atoms with van der Waals surface area (Å²) in [7, 11) is 0. The van der Waals surface area contributed by atoms with Gasteiger partial charge in [-0.2, -0.15) is 5.10 Å². The van der Waals surface area contributed by atoms with Crippen molar-refractivity contribution in [2.24, 2.45) is 0 Å². The number of para-hydroxylation sites is 1. The van der Waals surface area contributed by atoms with Gasteiger partial charge in [-0.1, -0.05) is 34.1 Å². The molecule has 0 saturated carbocycles. The number of esters is 1. The Morgan fingerprint density at radius 1 is 1.16 bits per heavy atom. The van der Waals surface area contributed by atoms with E-state index in [2.05, 4.69) is 26.3 Å². The van der Waals surface area contributed by atoms with Gasteiger partial charge in [-0.3, -0.25) is 0 Å². The SMILES string of the molecule is CC1Cc2nn(-c3ccc(Br)cc3)c(Nc3ccccc3)c2C(=O)O1. The van der Waals surface area contributed by atoms with Crippen LogP contribution in [0.5, 0.6) is 0 Å². The fourth-order valence-corrected chi connectivity index (χ4v) is 3.18. The van der Waals surface area contributed by atoms with E-state index in [0.29, 0.717) is 17.8 Å². The highest BCUT2D eigenvalue weighted by Gasteiger charge is 2.32. The highest BCUT2D eigenvalue weighted by molar-refractivity contribution is 9.10. The fourth-order valence-electron chi connectivity index (χ4n) is 2.92. The van der Waals surface area contributed by atoms with Crippen LogP contribution >= 0.6 is 15.9 Å². The molecule has 0 fully saturated rings. The van der Waals surface area contributed by atoms with Crippen molar-refractivity contribution < 1.29 is 9.53 Å². The minimum Gasteiger partial charge on any atom is -0.459 e. The van der Waals surface area contributed by atoms with Crippen LogP contribution in [-0.2, 0) is 11.2 Å². The lowest BCUT2D eigenvalue weighted by Gasteiger charge is -2.18. The van der Waals surface area contributed by atoms with E-state index in [0.717, 1.165) is 21.5 Å². The smallest absolute Gasteiger partial charge is 0.344 e. The van der Waals surface area contributed by atoms with Crippen LogP contribution in [-0.4, -0.2) is 21.9 Å². The summed E-state index contributed by atoms with van der Waals surface area (Å²) in [5.41, 5.74) is 3.02. The Labute approximate surface area is 153 Å². The molecular weight excluding hydrogens is 382 g/mol. The van der Waals surface area contributed by atoms with Gasteiger partial charge in [-0.05, 0) is 43.3 Å². The molecule has 1 N–H and O–H groups in total. The summed E-state index contributed by atoms with van der Waals surface area (Å²) in [6, 6.07) is 17.5. The molecule has 0 radical (unpaired) electrons. The zero-order chi connectivity index (χ0) is 17.4. The van der Waals surface area contributed by atoms with Crippen molar-refractivity contribution in [2.45, 2.75) is 19.4 Å².